The normalized spacial score (nSPS) is 12.2. The lowest BCUT2D eigenvalue weighted by Gasteiger charge is -2.02. The van der Waals surface area contributed by atoms with Gasteiger partial charge in [-0.2, -0.15) is 0 Å². The van der Waals surface area contributed by atoms with Gasteiger partial charge in [0, 0.05) is 0 Å². The molecular formula is C11H14O5S. The molecule has 94 valence electrons. The molecule has 0 radical (unpaired) electrons. The van der Waals surface area contributed by atoms with E-state index in [1.807, 2.05) is 0 Å². The molecule has 0 amide bonds. The fourth-order valence-corrected chi connectivity index (χ4v) is 1.90. The third-order valence-electron chi connectivity index (χ3n) is 2.20. The molecule has 1 heterocycles. The number of aliphatic carboxylic acids is 1. The number of hydrogen-bond acceptors (Lipinski definition) is 5. The highest BCUT2D eigenvalue weighted by atomic mass is 32.2. The van der Waals surface area contributed by atoms with Crippen molar-refractivity contribution in [2.75, 3.05) is 7.11 Å². The average molecular weight is 258 g/mol. The van der Waals surface area contributed by atoms with E-state index in [9.17, 15) is 9.59 Å². The molecule has 0 fully saturated rings. The Morgan fingerprint density at radius 2 is 2.24 bits per heavy atom. The smallest absolute Gasteiger partial charge is 0.341 e. The number of carbonyl (C=O) groups excluding carboxylic acids is 1. The number of furan rings is 1. The first kappa shape index (κ1) is 13.6. The van der Waals surface area contributed by atoms with Gasteiger partial charge in [0.15, 0.2) is 0 Å². The number of rotatable bonds is 5. The molecule has 0 aliphatic rings. The minimum Gasteiger partial charge on any atom is -0.480 e. The SMILES string of the molecule is COC(=O)c1cc(CSC(C)C(=O)O)oc1C. The van der Waals surface area contributed by atoms with E-state index in [0.717, 1.165) is 0 Å². The number of hydrogen-bond donors (Lipinski definition) is 1. The molecule has 1 aromatic rings. The maximum atomic E-state index is 11.3. The fourth-order valence-electron chi connectivity index (χ4n) is 1.21. The van der Waals surface area contributed by atoms with Crippen LogP contribution in [0.4, 0.5) is 0 Å². The highest BCUT2D eigenvalue weighted by Gasteiger charge is 2.17. The van der Waals surface area contributed by atoms with Crippen LogP contribution in [-0.4, -0.2) is 29.4 Å². The van der Waals surface area contributed by atoms with E-state index < -0.39 is 17.2 Å². The number of esters is 1. The summed E-state index contributed by atoms with van der Waals surface area (Å²) in [5.74, 6) is 0.141. The molecule has 1 unspecified atom stereocenters. The van der Waals surface area contributed by atoms with Crippen LogP contribution in [0, 0.1) is 6.92 Å². The van der Waals surface area contributed by atoms with Gasteiger partial charge in [-0.05, 0) is 19.9 Å². The van der Waals surface area contributed by atoms with Crippen molar-refractivity contribution in [3.05, 3.63) is 23.2 Å². The Morgan fingerprint density at radius 3 is 2.76 bits per heavy atom. The van der Waals surface area contributed by atoms with Crippen molar-refractivity contribution in [2.24, 2.45) is 0 Å². The number of carbonyl (C=O) groups is 2. The lowest BCUT2D eigenvalue weighted by Crippen LogP contribution is -2.11. The first-order valence-corrected chi connectivity index (χ1v) is 6.02. The van der Waals surface area contributed by atoms with Gasteiger partial charge in [0.1, 0.15) is 17.1 Å². The Morgan fingerprint density at radius 1 is 1.59 bits per heavy atom. The van der Waals surface area contributed by atoms with E-state index in [-0.39, 0.29) is 0 Å². The van der Waals surface area contributed by atoms with E-state index in [0.29, 0.717) is 22.8 Å². The van der Waals surface area contributed by atoms with Gasteiger partial charge in [0.05, 0.1) is 18.1 Å². The van der Waals surface area contributed by atoms with E-state index in [4.69, 9.17) is 9.52 Å². The zero-order chi connectivity index (χ0) is 13.0. The quantitative estimate of drug-likeness (QED) is 0.815. The first-order valence-electron chi connectivity index (χ1n) is 4.97. The van der Waals surface area contributed by atoms with Crippen LogP contribution in [0.1, 0.15) is 28.8 Å². The van der Waals surface area contributed by atoms with Gasteiger partial charge in [-0.25, -0.2) is 4.79 Å². The summed E-state index contributed by atoms with van der Waals surface area (Å²) < 4.78 is 9.95. The van der Waals surface area contributed by atoms with Crippen molar-refractivity contribution in [1.29, 1.82) is 0 Å². The van der Waals surface area contributed by atoms with Gasteiger partial charge in [-0.3, -0.25) is 4.79 Å². The van der Waals surface area contributed by atoms with Crippen LogP contribution in [0.3, 0.4) is 0 Å². The zero-order valence-corrected chi connectivity index (χ0v) is 10.7. The molecule has 0 aliphatic heterocycles. The third-order valence-corrected chi connectivity index (χ3v) is 3.35. The van der Waals surface area contributed by atoms with Gasteiger partial charge in [-0.1, -0.05) is 0 Å². The Kier molecular flexibility index (Phi) is 4.62. The Labute approximate surface area is 103 Å². The molecule has 0 saturated heterocycles. The zero-order valence-electron chi connectivity index (χ0n) is 9.85. The monoisotopic (exact) mass is 258 g/mol. The predicted octanol–water partition coefficient (Wildman–Crippen LogP) is 2.08. The molecule has 1 atom stereocenters. The van der Waals surface area contributed by atoms with Gasteiger partial charge in [0.2, 0.25) is 0 Å². The Hall–Kier alpha value is -1.43. The molecule has 0 saturated carbocycles. The fraction of sp³-hybridized carbons (Fsp3) is 0.455. The minimum absolute atomic E-state index is 0.381. The molecular weight excluding hydrogens is 244 g/mol. The number of carboxylic acids is 1. The molecule has 17 heavy (non-hydrogen) atoms. The molecule has 0 spiro atoms. The van der Waals surface area contributed by atoms with Crippen LogP contribution in [0.5, 0.6) is 0 Å². The molecule has 5 nitrogen and oxygen atoms in total. The largest absolute Gasteiger partial charge is 0.480 e. The third kappa shape index (κ3) is 3.52. The summed E-state index contributed by atoms with van der Waals surface area (Å²) in [7, 11) is 1.30. The molecule has 1 aromatic heterocycles. The minimum atomic E-state index is -0.869. The molecule has 1 N–H and O–H groups in total. The second-order valence-corrected chi connectivity index (χ2v) is 4.79. The second kappa shape index (κ2) is 5.77. The maximum absolute atomic E-state index is 11.3. The van der Waals surface area contributed by atoms with Crippen molar-refractivity contribution in [1.82, 2.24) is 0 Å². The van der Waals surface area contributed by atoms with Crippen LogP contribution >= 0.6 is 11.8 Å². The highest BCUT2D eigenvalue weighted by molar-refractivity contribution is 7.99. The van der Waals surface area contributed by atoms with Gasteiger partial charge in [0.25, 0.3) is 0 Å². The van der Waals surface area contributed by atoms with Crippen LogP contribution in [0.25, 0.3) is 0 Å². The topological polar surface area (TPSA) is 76.7 Å². The van der Waals surface area contributed by atoms with Crippen LogP contribution in [0.15, 0.2) is 10.5 Å². The van der Waals surface area contributed by atoms with Gasteiger partial charge in [-0.15, -0.1) is 11.8 Å². The second-order valence-electron chi connectivity index (χ2n) is 3.47. The predicted molar refractivity (Wildman–Crippen MR) is 63.2 cm³/mol. The summed E-state index contributed by atoms with van der Waals surface area (Å²) >= 11 is 1.23. The maximum Gasteiger partial charge on any atom is 0.341 e. The first-order chi connectivity index (χ1) is 7.95. The van der Waals surface area contributed by atoms with E-state index in [1.165, 1.54) is 18.9 Å². The van der Waals surface area contributed by atoms with Crippen molar-refractivity contribution < 1.29 is 23.8 Å². The summed E-state index contributed by atoms with van der Waals surface area (Å²) in [6.45, 7) is 3.27. The average Bonchev–Trinajstić information content (AvgIpc) is 2.66. The number of aryl methyl sites for hydroxylation is 1. The number of ether oxygens (including phenoxy) is 1. The lowest BCUT2D eigenvalue weighted by molar-refractivity contribution is -0.136. The number of thioether (sulfide) groups is 1. The van der Waals surface area contributed by atoms with Crippen molar-refractivity contribution >= 4 is 23.7 Å². The van der Waals surface area contributed by atoms with E-state index in [2.05, 4.69) is 4.74 Å². The molecule has 0 bridgehead atoms. The van der Waals surface area contributed by atoms with Gasteiger partial charge < -0.3 is 14.3 Å². The summed E-state index contributed by atoms with van der Waals surface area (Å²) in [6, 6.07) is 1.59. The Balaban J connectivity index is 2.68. The summed E-state index contributed by atoms with van der Waals surface area (Å²) in [5, 5.41) is 8.21. The van der Waals surface area contributed by atoms with Crippen LogP contribution in [0.2, 0.25) is 0 Å². The van der Waals surface area contributed by atoms with E-state index in [1.54, 1.807) is 19.9 Å². The summed E-state index contributed by atoms with van der Waals surface area (Å²) in [4.78, 5) is 21.9. The van der Waals surface area contributed by atoms with Crippen molar-refractivity contribution in [2.45, 2.75) is 24.9 Å². The van der Waals surface area contributed by atoms with Crippen molar-refractivity contribution in [3.63, 3.8) is 0 Å². The van der Waals surface area contributed by atoms with Crippen molar-refractivity contribution in [3.8, 4) is 0 Å². The summed E-state index contributed by atoms with van der Waals surface area (Å²) in [5.41, 5.74) is 0.381. The lowest BCUT2D eigenvalue weighted by atomic mass is 10.2. The van der Waals surface area contributed by atoms with Crippen LogP contribution < -0.4 is 0 Å². The van der Waals surface area contributed by atoms with Gasteiger partial charge >= 0.3 is 11.9 Å². The number of methoxy groups -OCH3 is 1. The Bertz CT molecular complexity index is 423. The molecule has 1 rings (SSSR count). The summed E-state index contributed by atoms with van der Waals surface area (Å²) in [6.07, 6.45) is 0. The molecule has 6 heteroatoms. The highest BCUT2D eigenvalue weighted by Crippen LogP contribution is 2.22. The molecule has 0 aliphatic carbocycles. The molecule has 0 aromatic carbocycles. The van der Waals surface area contributed by atoms with Crippen LogP contribution in [-0.2, 0) is 15.3 Å². The number of carboxylic acid groups (broad SMARTS) is 1. The standard InChI is InChI=1S/C11H14O5S/c1-6-9(11(14)15-3)4-8(16-6)5-17-7(2)10(12)13/h4,7H,5H2,1-3H3,(H,12,13). The van der Waals surface area contributed by atoms with E-state index >= 15 is 0 Å².